The van der Waals surface area contributed by atoms with Crippen molar-refractivity contribution >= 4 is 34.3 Å². The summed E-state index contributed by atoms with van der Waals surface area (Å²) < 4.78 is 7.46. The van der Waals surface area contributed by atoms with Crippen molar-refractivity contribution in [1.82, 2.24) is 14.8 Å². The molecule has 0 saturated carbocycles. The normalized spacial score (nSPS) is 11.3. The van der Waals surface area contributed by atoms with Gasteiger partial charge in [0.15, 0.2) is 11.0 Å². The van der Waals surface area contributed by atoms with Gasteiger partial charge < -0.3 is 8.98 Å². The van der Waals surface area contributed by atoms with Crippen molar-refractivity contribution in [2.75, 3.05) is 0 Å². The molecule has 0 radical (unpaired) electrons. The van der Waals surface area contributed by atoms with E-state index in [2.05, 4.69) is 34.7 Å². The van der Waals surface area contributed by atoms with Crippen LogP contribution in [0, 0.1) is 13.8 Å². The summed E-state index contributed by atoms with van der Waals surface area (Å²) in [6.45, 7) is 6.87. The molecule has 4 rings (SSSR count). The lowest BCUT2D eigenvalue weighted by molar-refractivity contribution is 0.559. The van der Waals surface area contributed by atoms with Gasteiger partial charge in [0.2, 0.25) is 0 Å². The molecule has 0 aliphatic heterocycles. The topological polar surface area (TPSA) is 60.9 Å². The first-order valence-electron chi connectivity index (χ1n) is 9.32. The summed E-state index contributed by atoms with van der Waals surface area (Å²) in [6.07, 6.45) is 0. The average Bonchev–Trinajstić information content (AvgIpc) is 3.11. The number of hydrogen-bond acceptors (Lipinski definition) is 5. The third-order valence-electron chi connectivity index (χ3n) is 4.94. The first kappa shape index (κ1) is 19.7. The molecule has 0 spiro atoms. The summed E-state index contributed by atoms with van der Waals surface area (Å²) in [7, 11) is 0. The molecule has 0 saturated heterocycles. The molecule has 2 aromatic carbocycles. The predicted octanol–water partition coefficient (Wildman–Crippen LogP) is 5.63. The van der Waals surface area contributed by atoms with Crippen molar-refractivity contribution in [1.29, 1.82) is 0 Å². The van der Waals surface area contributed by atoms with E-state index in [4.69, 9.17) is 16.0 Å². The summed E-state index contributed by atoms with van der Waals surface area (Å²) in [5.74, 6) is 1.40. The van der Waals surface area contributed by atoms with E-state index >= 15 is 0 Å². The number of halogens is 1. The highest BCUT2D eigenvalue weighted by Gasteiger charge is 2.15. The number of hydrogen-bond donors (Lipinski definition) is 0. The van der Waals surface area contributed by atoms with Crippen molar-refractivity contribution in [2.45, 2.75) is 38.2 Å². The van der Waals surface area contributed by atoms with Crippen LogP contribution in [0.5, 0.6) is 0 Å². The molecule has 0 aliphatic carbocycles. The van der Waals surface area contributed by atoms with Crippen LogP contribution in [0.25, 0.3) is 22.4 Å². The smallest absolute Gasteiger partial charge is 0.336 e. The highest BCUT2D eigenvalue weighted by Crippen LogP contribution is 2.30. The molecule has 0 N–H and O–H groups in total. The lowest BCUT2D eigenvalue weighted by atomic mass is 10.0. The Hall–Kier alpha value is -2.57. The summed E-state index contributed by atoms with van der Waals surface area (Å²) in [4.78, 5) is 12.0. The minimum Gasteiger partial charge on any atom is -0.423 e. The number of fused-ring (bicyclic) bond motifs is 1. The van der Waals surface area contributed by atoms with Gasteiger partial charge in [-0.1, -0.05) is 23.4 Å². The molecule has 0 amide bonds. The minimum atomic E-state index is -0.338. The van der Waals surface area contributed by atoms with E-state index < -0.39 is 0 Å². The number of nitrogens with zero attached hydrogens (tertiary/aromatic N) is 3. The van der Waals surface area contributed by atoms with Crippen LogP contribution in [-0.2, 0) is 12.3 Å². The van der Waals surface area contributed by atoms with E-state index in [1.165, 1.54) is 5.56 Å². The largest absolute Gasteiger partial charge is 0.423 e. The van der Waals surface area contributed by atoms with Crippen molar-refractivity contribution < 1.29 is 4.42 Å². The van der Waals surface area contributed by atoms with Crippen LogP contribution in [0.3, 0.4) is 0 Å². The average molecular weight is 426 g/mol. The Bertz CT molecular complexity index is 1250. The molecule has 0 fully saturated rings. The molecule has 2 aromatic heterocycles. The van der Waals surface area contributed by atoms with Gasteiger partial charge in [0, 0.05) is 34.3 Å². The van der Waals surface area contributed by atoms with E-state index in [-0.39, 0.29) is 5.63 Å². The fraction of sp³-hybridized carbons (Fsp3) is 0.227. The second kappa shape index (κ2) is 8.05. The van der Waals surface area contributed by atoms with Crippen molar-refractivity contribution in [3.05, 3.63) is 74.6 Å². The van der Waals surface area contributed by atoms with E-state index in [1.54, 1.807) is 17.8 Å². The molecular formula is C22H20ClN3O2S. The fourth-order valence-corrected chi connectivity index (χ4v) is 4.36. The Balaban J connectivity index is 1.67. The molecule has 0 unspecified atom stereocenters. The van der Waals surface area contributed by atoms with Crippen molar-refractivity contribution in [2.24, 2.45) is 0 Å². The van der Waals surface area contributed by atoms with Crippen LogP contribution in [0.2, 0.25) is 5.02 Å². The van der Waals surface area contributed by atoms with Gasteiger partial charge in [-0.3, -0.25) is 0 Å². The molecule has 7 heteroatoms. The first-order chi connectivity index (χ1) is 14.0. The summed E-state index contributed by atoms with van der Waals surface area (Å²) in [6, 6.07) is 13.1. The Morgan fingerprint density at radius 3 is 2.52 bits per heavy atom. The Morgan fingerprint density at radius 1 is 1.07 bits per heavy atom. The zero-order chi connectivity index (χ0) is 20.5. The summed E-state index contributed by atoms with van der Waals surface area (Å²) in [5, 5.41) is 11.2. The predicted molar refractivity (Wildman–Crippen MR) is 118 cm³/mol. The van der Waals surface area contributed by atoms with Crippen LogP contribution >= 0.6 is 23.4 Å². The van der Waals surface area contributed by atoms with Gasteiger partial charge in [0.1, 0.15) is 5.58 Å². The molecule has 29 heavy (non-hydrogen) atoms. The van der Waals surface area contributed by atoms with Crippen LogP contribution in [0.1, 0.15) is 23.6 Å². The minimum absolute atomic E-state index is 0.338. The third-order valence-corrected chi connectivity index (χ3v) is 6.20. The molecule has 2 heterocycles. The van der Waals surface area contributed by atoms with Gasteiger partial charge in [-0.25, -0.2) is 4.79 Å². The molecular weight excluding hydrogens is 406 g/mol. The zero-order valence-corrected chi connectivity index (χ0v) is 18.0. The van der Waals surface area contributed by atoms with Gasteiger partial charge >= 0.3 is 5.63 Å². The van der Waals surface area contributed by atoms with E-state index in [9.17, 15) is 4.79 Å². The number of aromatic nitrogens is 3. The van der Waals surface area contributed by atoms with Gasteiger partial charge in [0.25, 0.3) is 0 Å². The molecule has 4 aromatic rings. The molecule has 5 nitrogen and oxygen atoms in total. The zero-order valence-electron chi connectivity index (χ0n) is 16.4. The van der Waals surface area contributed by atoms with Crippen molar-refractivity contribution in [3.63, 3.8) is 0 Å². The lowest BCUT2D eigenvalue weighted by Gasteiger charge is -2.09. The molecule has 0 aliphatic rings. The Labute approximate surface area is 177 Å². The van der Waals surface area contributed by atoms with Gasteiger partial charge in [-0.2, -0.15) is 0 Å². The maximum atomic E-state index is 12.0. The summed E-state index contributed by atoms with van der Waals surface area (Å²) >= 11 is 7.56. The van der Waals surface area contributed by atoms with Crippen LogP contribution in [0.4, 0.5) is 0 Å². The number of aryl methyl sites for hydroxylation is 2. The van der Waals surface area contributed by atoms with E-state index in [0.29, 0.717) is 16.4 Å². The SMILES string of the molecule is CCn1c(SCc2cc(=O)oc3cc(C)c(C)cc23)nnc1-c1ccc(Cl)cc1. The van der Waals surface area contributed by atoms with Gasteiger partial charge in [0.05, 0.1) is 0 Å². The standard InChI is InChI=1S/C22H20ClN3O2S/c1-4-26-21(15-5-7-17(23)8-6-15)24-25-22(26)29-12-16-11-20(27)28-19-10-14(3)13(2)9-18(16)19/h5-11H,4,12H2,1-3H3. The van der Waals surface area contributed by atoms with Gasteiger partial charge in [-0.15, -0.1) is 10.2 Å². The number of benzene rings is 2. The maximum Gasteiger partial charge on any atom is 0.336 e. The molecule has 0 bridgehead atoms. The Morgan fingerprint density at radius 2 is 1.79 bits per heavy atom. The summed E-state index contributed by atoms with van der Waals surface area (Å²) in [5.41, 5.74) is 4.45. The van der Waals surface area contributed by atoms with Crippen LogP contribution in [0.15, 0.2) is 56.8 Å². The van der Waals surface area contributed by atoms with E-state index in [1.807, 2.05) is 37.3 Å². The second-order valence-corrected chi connectivity index (χ2v) is 8.25. The van der Waals surface area contributed by atoms with Crippen LogP contribution in [-0.4, -0.2) is 14.8 Å². The van der Waals surface area contributed by atoms with E-state index in [0.717, 1.165) is 39.6 Å². The third kappa shape index (κ3) is 3.95. The Kier molecular flexibility index (Phi) is 5.48. The van der Waals surface area contributed by atoms with Gasteiger partial charge in [-0.05, 0) is 73.9 Å². The number of thioether (sulfide) groups is 1. The fourth-order valence-electron chi connectivity index (χ4n) is 3.24. The highest BCUT2D eigenvalue weighted by molar-refractivity contribution is 7.98. The second-order valence-electron chi connectivity index (χ2n) is 6.87. The quantitative estimate of drug-likeness (QED) is 0.306. The lowest BCUT2D eigenvalue weighted by Crippen LogP contribution is -2.02. The highest BCUT2D eigenvalue weighted by atomic mass is 35.5. The van der Waals surface area contributed by atoms with Crippen molar-refractivity contribution in [3.8, 4) is 11.4 Å². The van der Waals surface area contributed by atoms with Crippen LogP contribution < -0.4 is 5.63 Å². The number of rotatable bonds is 5. The first-order valence-corrected chi connectivity index (χ1v) is 10.7. The molecule has 0 atom stereocenters. The maximum absolute atomic E-state index is 12.0. The monoisotopic (exact) mass is 425 g/mol. The molecule has 148 valence electrons.